The van der Waals surface area contributed by atoms with Gasteiger partial charge < -0.3 is 19.1 Å². The van der Waals surface area contributed by atoms with Gasteiger partial charge in [-0.25, -0.2) is 0 Å². The summed E-state index contributed by atoms with van der Waals surface area (Å²) in [4.78, 5) is 13.7. The lowest BCUT2D eigenvalue weighted by molar-refractivity contribution is -0.140. The molecular formula is C22H27NO4. The first-order valence-electron chi connectivity index (χ1n) is 9.40. The van der Waals surface area contributed by atoms with Crippen LogP contribution in [0.4, 0.5) is 5.69 Å². The molecule has 1 heterocycles. The van der Waals surface area contributed by atoms with E-state index < -0.39 is 0 Å². The average Bonchev–Trinajstić information content (AvgIpc) is 2.66. The van der Waals surface area contributed by atoms with Crippen LogP contribution < -0.4 is 14.4 Å². The van der Waals surface area contributed by atoms with Crippen LogP contribution in [0.3, 0.4) is 0 Å². The lowest BCUT2D eigenvalue weighted by Gasteiger charge is -2.40. The average molecular weight is 369 g/mol. The van der Waals surface area contributed by atoms with Gasteiger partial charge in [-0.3, -0.25) is 4.79 Å². The summed E-state index contributed by atoms with van der Waals surface area (Å²) in [6, 6.07) is 16.2. The Morgan fingerprint density at radius 2 is 1.70 bits per heavy atom. The standard InChI is InChI=1S/C22H27NO4/c1-4-26-19-11-7-18(8-12-19)23-14-21(15-23)27-20-9-5-17(6-10-20)16(2)13-22(24)25-3/h5-12,16,21H,4,13-15H2,1-3H3/t16-/m1/s1. The number of carbonyl (C=O) groups excluding carboxylic acids is 1. The summed E-state index contributed by atoms with van der Waals surface area (Å²) in [5, 5.41) is 0. The van der Waals surface area contributed by atoms with Crippen LogP contribution in [0.25, 0.3) is 0 Å². The van der Waals surface area contributed by atoms with Gasteiger partial charge in [0.1, 0.15) is 17.6 Å². The van der Waals surface area contributed by atoms with Gasteiger partial charge in [0.25, 0.3) is 0 Å². The molecule has 1 atom stereocenters. The van der Waals surface area contributed by atoms with Crippen LogP contribution in [0.2, 0.25) is 0 Å². The minimum atomic E-state index is -0.188. The predicted octanol–water partition coefficient (Wildman–Crippen LogP) is 4.02. The Labute approximate surface area is 160 Å². The molecule has 27 heavy (non-hydrogen) atoms. The van der Waals surface area contributed by atoms with E-state index in [0.29, 0.717) is 13.0 Å². The van der Waals surface area contributed by atoms with Crippen molar-refractivity contribution < 1.29 is 19.0 Å². The summed E-state index contributed by atoms with van der Waals surface area (Å²) in [5.41, 5.74) is 2.29. The zero-order valence-electron chi connectivity index (χ0n) is 16.2. The topological polar surface area (TPSA) is 48.0 Å². The van der Waals surface area contributed by atoms with Gasteiger partial charge in [0.05, 0.1) is 33.2 Å². The highest BCUT2D eigenvalue weighted by molar-refractivity contribution is 5.70. The van der Waals surface area contributed by atoms with Gasteiger partial charge in [0.15, 0.2) is 0 Å². The van der Waals surface area contributed by atoms with E-state index in [4.69, 9.17) is 14.2 Å². The molecule has 0 aromatic heterocycles. The molecule has 0 aliphatic carbocycles. The number of esters is 1. The van der Waals surface area contributed by atoms with Gasteiger partial charge in [-0.2, -0.15) is 0 Å². The molecular weight excluding hydrogens is 342 g/mol. The number of ether oxygens (including phenoxy) is 3. The lowest BCUT2D eigenvalue weighted by Crippen LogP contribution is -2.54. The maximum Gasteiger partial charge on any atom is 0.306 e. The number of nitrogens with zero attached hydrogens (tertiary/aromatic N) is 1. The number of carbonyl (C=O) groups is 1. The van der Waals surface area contributed by atoms with Crippen LogP contribution in [-0.4, -0.2) is 38.9 Å². The van der Waals surface area contributed by atoms with Crippen LogP contribution in [0, 0.1) is 0 Å². The number of benzene rings is 2. The van der Waals surface area contributed by atoms with E-state index in [-0.39, 0.29) is 18.0 Å². The third-order valence-electron chi connectivity index (χ3n) is 4.81. The Kier molecular flexibility index (Phi) is 6.22. The highest BCUT2D eigenvalue weighted by Gasteiger charge is 2.28. The maximum atomic E-state index is 11.4. The van der Waals surface area contributed by atoms with E-state index in [1.54, 1.807) is 0 Å². The third-order valence-corrected chi connectivity index (χ3v) is 4.81. The fourth-order valence-electron chi connectivity index (χ4n) is 3.16. The van der Waals surface area contributed by atoms with Crippen LogP contribution >= 0.6 is 0 Å². The van der Waals surface area contributed by atoms with Crippen molar-refractivity contribution in [2.75, 3.05) is 31.7 Å². The van der Waals surface area contributed by atoms with Gasteiger partial charge in [-0.05, 0) is 54.8 Å². The zero-order valence-corrected chi connectivity index (χ0v) is 16.2. The quantitative estimate of drug-likeness (QED) is 0.658. The smallest absolute Gasteiger partial charge is 0.306 e. The molecule has 2 aromatic carbocycles. The summed E-state index contributed by atoms with van der Waals surface area (Å²) in [6.45, 7) is 6.42. The van der Waals surface area contributed by atoms with Crippen LogP contribution in [-0.2, 0) is 9.53 Å². The molecule has 0 bridgehead atoms. The Bertz CT molecular complexity index is 736. The summed E-state index contributed by atoms with van der Waals surface area (Å²) in [7, 11) is 1.42. The largest absolute Gasteiger partial charge is 0.494 e. The fourth-order valence-corrected chi connectivity index (χ4v) is 3.16. The summed E-state index contributed by atoms with van der Waals surface area (Å²) in [6.07, 6.45) is 0.575. The van der Waals surface area contributed by atoms with Gasteiger partial charge in [-0.1, -0.05) is 19.1 Å². The first kappa shape index (κ1) is 19.1. The molecule has 3 rings (SSSR count). The second kappa shape index (κ2) is 8.80. The molecule has 0 radical (unpaired) electrons. The predicted molar refractivity (Wildman–Crippen MR) is 106 cm³/mol. The summed E-state index contributed by atoms with van der Waals surface area (Å²) < 4.78 is 16.3. The minimum absolute atomic E-state index is 0.130. The van der Waals surface area contributed by atoms with Gasteiger partial charge >= 0.3 is 5.97 Å². The fraction of sp³-hybridized carbons (Fsp3) is 0.409. The third kappa shape index (κ3) is 4.94. The first-order valence-corrected chi connectivity index (χ1v) is 9.40. The van der Waals surface area contributed by atoms with Crippen molar-refractivity contribution in [3.8, 4) is 11.5 Å². The van der Waals surface area contributed by atoms with Crippen molar-refractivity contribution in [3.05, 3.63) is 54.1 Å². The first-order chi connectivity index (χ1) is 13.1. The molecule has 0 unspecified atom stereocenters. The van der Waals surface area contributed by atoms with Gasteiger partial charge in [0, 0.05) is 5.69 Å². The Morgan fingerprint density at radius 3 is 2.30 bits per heavy atom. The molecule has 1 saturated heterocycles. The molecule has 1 aliphatic rings. The van der Waals surface area contributed by atoms with Crippen molar-refractivity contribution in [3.63, 3.8) is 0 Å². The van der Waals surface area contributed by atoms with Crippen LogP contribution in [0.1, 0.15) is 31.7 Å². The van der Waals surface area contributed by atoms with E-state index in [9.17, 15) is 4.79 Å². The minimum Gasteiger partial charge on any atom is -0.494 e. The van der Waals surface area contributed by atoms with Crippen molar-refractivity contribution in [2.45, 2.75) is 32.3 Å². The summed E-state index contributed by atoms with van der Waals surface area (Å²) in [5.74, 6) is 1.70. The Hall–Kier alpha value is -2.69. The van der Waals surface area contributed by atoms with Crippen molar-refractivity contribution in [2.24, 2.45) is 0 Å². The number of rotatable bonds is 8. The van der Waals surface area contributed by atoms with Crippen LogP contribution in [0.5, 0.6) is 11.5 Å². The molecule has 5 heteroatoms. The zero-order chi connectivity index (χ0) is 19.2. The molecule has 0 amide bonds. The molecule has 0 spiro atoms. The monoisotopic (exact) mass is 369 g/mol. The van der Waals surface area contributed by atoms with Crippen molar-refractivity contribution >= 4 is 11.7 Å². The Balaban J connectivity index is 1.47. The van der Waals surface area contributed by atoms with E-state index >= 15 is 0 Å². The summed E-state index contributed by atoms with van der Waals surface area (Å²) >= 11 is 0. The molecule has 144 valence electrons. The number of methoxy groups -OCH3 is 1. The van der Waals surface area contributed by atoms with E-state index in [1.165, 1.54) is 12.8 Å². The molecule has 0 N–H and O–H groups in total. The maximum absolute atomic E-state index is 11.4. The molecule has 1 fully saturated rings. The molecule has 1 aliphatic heterocycles. The number of hydrogen-bond donors (Lipinski definition) is 0. The molecule has 2 aromatic rings. The lowest BCUT2D eigenvalue weighted by atomic mass is 9.98. The second-order valence-electron chi connectivity index (χ2n) is 6.82. The Morgan fingerprint density at radius 1 is 1.07 bits per heavy atom. The molecule has 5 nitrogen and oxygen atoms in total. The van der Waals surface area contributed by atoms with Gasteiger partial charge in [-0.15, -0.1) is 0 Å². The van der Waals surface area contributed by atoms with Gasteiger partial charge in [0.2, 0.25) is 0 Å². The normalized spacial score (nSPS) is 15.0. The molecule has 0 saturated carbocycles. The van der Waals surface area contributed by atoms with Crippen molar-refractivity contribution in [1.82, 2.24) is 0 Å². The van der Waals surface area contributed by atoms with E-state index in [0.717, 1.165) is 30.2 Å². The number of hydrogen-bond acceptors (Lipinski definition) is 5. The van der Waals surface area contributed by atoms with E-state index in [1.807, 2.05) is 50.2 Å². The van der Waals surface area contributed by atoms with E-state index in [2.05, 4.69) is 17.0 Å². The SMILES string of the molecule is CCOc1ccc(N2CC(Oc3ccc([C@H](C)CC(=O)OC)cc3)C2)cc1. The van der Waals surface area contributed by atoms with Crippen LogP contribution in [0.15, 0.2) is 48.5 Å². The van der Waals surface area contributed by atoms with Crippen molar-refractivity contribution in [1.29, 1.82) is 0 Å². The highest BCUT2D eigenvalue weighted by Crippen LogP contribution is 2.27. The second-order valence-corrected chi connectivity index (χ2v) is 6.82. The highest BCUT2D eigenvalue weighted by atomic mass is 16.5. The number of anilines is 1.